The van der Waals surface area contributed by atoms with E-state index in [2.05, 4.69) is 0 Å². The highest BCUT2D eigenvalue weighted by Gasteiger charge is 2.33. The van der Waals surface area contributed by atoms with Gasteiger partial charge in [-0.25, -0.2) is 9.59 Å². The highest BCUT2D eigenvalue weighted by molar-refractivity contribution is 8.14. The van der Waals surface area contributed by atoms with E-state index in [-0.39, 0.29) is 0 Å². The maximum atomic E-state index is 13.0. The molecule has 0 radical (unpaired) electrons. The maximum Gasteiger partial charge on any atom is 0.416 e. The fourth-order valence-electron chi connectivity index (χ4n) is 1.85. The zero-order valence-electron chi connectivity index (χ0n) is 15.5. The summed E-state index contributed by atoms with van der Waals surface area (Å²) in [6, 6.07) is 1.94. The molecule has 0 bridgehead atoms. The van der Waals surface area contributed by atoms with Crippen LogP contribution in [0, 0.1) is 0 Å². The molecular weight excluding hydrogens is 419 g/mol. The van der Waals surface area contributed by atoms with E-state index in [1.807, 2.05) is 5.32 Å². The van der Waals surface area contributed by atoms with Crippen molar-refractivity contribution in [1.82, 2.24) is 5.32 Å². The number of rotatable bonds is 7. The predicted molar refractivity (Wildman–Crippen MR) is 95.7 cm³/mol. The molecule has 0 fully saturated rings. The Bertz CT molecular complexity index is 796. The Morgan fingerprint density at radius 1 is 1.17 bits per heavy atom. The van der Waals surface area contributed by atoms with Crippen LogP contribution in [0.4, 0.5) is 18.0 Å². The zero-order chi connectivity index (χ0) is 22.4. The monoisotopic (exact) mass is 437 g/mol. The number of halogens is 3. The van der Waals surface area contributed by atoms with E-state index in [9.17, 15) is 32.3 Å². The highest BCUT2D eigenvalue weighted by atomic mass is 32.2. The smallest absolute Gasteiger partial charge is 0.416 e. The quantitative estimate of drug-likeness (QED) is 0.625. The Balaban J connectivity index is 3.01. The SMILES string of the molecule is CC(C)OC(=O)c1ccc(C(F)(F)F)cc1OC(=O)SC(C)C(=O)NCC(=O)O. The van der Waals surface area contributed by atoms with E-state index in [1.165, 1.54) is 20.8 Å². The molecule has 8 nitrogen and oxygen atoms in total. The molecule has 1 aromatic carbocycles. The number of nitrogens with one attached hydrogen (secondary N) is 1. The summed E-state index contributed by atoms with van der Waals surface area (Å²) in [7, 11) is 0. The molecule has 0 heterocycles. The third-order valence-corrected chi connectivity index (χ3v) is 3.96. The molecular formula is C17H18F3NO7S. The van der Waals surface area contributed by atoms with Crippen LogP contribution < -0.4 is 10.1 Å². The van der Waals surface area contributed by atoms with Crippen LogP contribution in [0.5, 0.6) is 5.75 Å². The number of alkyl halides is 3. The lowest BCUT2D eigenvalue weighted by molar-refractivity contribution is -0.138. The first-order valence-corrected chi connectivity index (χ1v) is 8.99. The van der Waals surface area contributed by atoms with E-state index in [4.69, 9.17) is 14.6 Å². The summed E-state index contributed by atoms with van der Waals surface area (Å²) in [5.74, 6) is -3.76. The number of amides is 1. The standard InChI is InChI=1S/C17H18F3NO7S/c1-8(2)27-15(25)11-5-4-10(17(18,19)20)6-12(11)28-16(26)29-9(3)14(24)21-7-13(22)23/h4-6,8-9H,7H2,1-3H3,(H,21,24)(H,22,23). The Hall–Kier alpha value is -2.76. The van der Waals surface area contributed by atoms with Crippen molar-refractivity contribution in [3.8, 4) is 5.75 Å². The Kier molecular flexibility index (Phi) is 8.49. The van der Waals surface area contributed by atoms with Gasteiger partial charge in [-0.3, -0.25) is 9.59 Å². The van der Waals surface area contributed by atoms with Crippen LogP contribution >= 0.6 is 11.8 Å². The number of aliphatic carboxylic acids is 1. The Labute approximate surface area is 167 Å². The van der Waals surface area contributed by atoms with E-state index >= 15 is 0 Å². The number of benzene rings is 1. The van der Waals surface area contributed by atoms with Gasteiger partial charge in [-0.15, -0.1) is 0 Å². The Morgan fingerprint density at radius 3 is 2.31 bits per heavy atom. The van der Waals surface area contributed by atoms with Crippen LogP contribution in [-0.2, 0) is 20.5 Å². The van der Waals surface area contributed by atoms with Crippen molar-refractivity contribution < 1.29 is 46.9 Å². The van der Waals surface area contributed by atoms with E-state index in [0.29, 0.717) is 23.9 Å². The molecule has 1 aromatic rings. The van der Waals surface area contributed by atoms with Gasteiger partial charge in [0.1, 0.15) is 17.9 Å². The summed E-state index contributed by atoms with van der Waals surface area (Å²) in [5.41, 5.74) is -1.55. The largest absolute Gasteiger partial charge is 0.480 e. The Morgan fingerprint density at radius 2 is 1.79 bits per heavy atom. The van der Waals surface area contributed by atoms with Crippen molar-refractivity contribution >= 4 is 34.9 Å². The normalized spacial score (nSPS) is 12.2. The first-order chi connectivity index (χ1) is 13.3. The van der Waals surface area contributed by atoms with Crippen LogP contribution in [-0.4, -0.2) is 46.2 Å². The summed E-state index contributed by atoms with van der Waals surface area (Å²) in [6.07, 6.45) is -5.32. The fraction of sp³-hybridized carbons (Fsp3) is 0.412. The molecule has 1 rings (SSSR count). The highest BCUT2D eigenvalue weighted by Crippen LogP contribution is 2.34. The van der Waals surface area contributed by atoms with Gasteiger partial charge in [-0.05, 0) is 50.7 Å². The number of ether oxygens (including phenoxy) is 2. The molecule has 1 unspecified atom stereocenters. The molecule has 0 aliphatic rings. The molecule has 1 amide bonds. The predicted octanol–water partition coefficient (Wildman–Crippen LogP) is 3.09. The number of thioether (sulfide) groups is 1. The second-order valence-electron chi connectivity index (χ2n) is 5.89. The number of esters is 1. The van der Waals surface area contributed by atoms with Crippen molar-refractivity contribution in [3.63, 3.8) is 0 Å². The molecule has 160 valence electrons. The van der Waals surface area contributed by atoms with Gasteiger partial charge in [0.25, 0.3) is 0 Å². The summed E-state index contributed by atoms with van der Waals surface area (Å²) >= 11 is 0.302. The summed E-state index contributed by atoms with van der Waals surface area (Å²) in [6.45, 7) is 3.66. The molecule has 0 saturated heterocycles. The minimum atomic E-state index is -4.75. The first-order valence-electron chi connectivity index (χ1n) is 8.11. The molecule has 0 aromatic heterocycles. The van der Waals surface area contributed by atoms with Crippen LogP contribution in [0.25, 0.3) is 0 Å². The lowest BCUT2D eigenvalue weighted by Gasteiger charge is -2.15. The first kappa shape index (κ1) is 24.3. The van der Waals surface area contributed by atoms with E-state index in [0.717, 1.165) is 6.07 Å². The molecule has 0 spiro atoms. The lowest BCUT2D eigenvalue weighted by Crippen LogP contribution is -2.35. The number of carbonyl (C=O) groups is 4. The fourth-order valence-corrected chi connectivity index (χ4v) is 2.46. The van der Waals surface area contributed by atoms with Crippen LogP contribution in [0.1, 0.15) is 36.7 Å². The van der Waals surface area contributed by atoms with Crippen molar-refractivity contribution in [2.75, 3.05) is 6.54 Å². The topological polar surface area (TPSA) is 119 Å². The van der Waals surface area contributed by atoms with E-state index in [1.54, 1.807) is 0 Å². The van der Waals surface area contributed by atoms with Gasteiger partial charge in [0.05, 0.1) is 16.9 Å². The number of carbonyl (C=O) groups excluding carboxylic acids is 3. The number of hydrogen-bond acceptors (Lipinski definition) is 7. The van der Waals surface area contributed by atoms with Gasteiger partial charge in [0.15, 0.2) is 0 Å². The number of carboxylic acids is 1. The average Bonchev–Trinajstić information content (AvgIpc) is 2.57. The number of hydrogen-bond donors (Lipinski definition) is 2. The van der Waals surface area contributed by atoms with Gasteiger partial charge >= 0.3 is 23.4 Å². The van der Waals surface area contributed by atoms with Crippen LogP contribution in [0.2, 0.25) is 0 Å². The lowest BCUT2D eigenvalue weighted by atomic mass is 10.1. The molecule has 29 heavy (non-hydrogen) atoms. The minimum Gasteiger partial charge on any atom is -0.480 e. The van der Waals surface area contributed by atoms with Crippen molar-refractivity contribution in [2.45, 2.75) is 38.3 Å². The molecule has 1 atom stereocenters. The van der Waals surface area contributed by atoms with Gasteiger partial charge in [-0.2, -0.15) is 13.2 Å². The average molecular weight is 437 g/mol. The van der Waals surface area contributed by atoms with Gasteiger partial charge in [0, 0.05) is 0 Å². The summed E-state index contributed by atoms with van der Waals surface area (Å²) < 4.78 is 48.6. The molecule has 0 saturated carbocycles. The molecule has 12 heteroatoms. The van der Waals surface area contributed by atoms with Crippen molar-refractivity contribution in [1.29, 1.82) is 0 Å². The van der Waals surface area contributed by atoms with E-state index < -0.39 is 64.1 Å². The second kappa shape index (κ2) is 10.1. The van der Waals surface area contributed by atoms with Gasteiger partial charge < -0.3 is 19.9 Å². The molecule has 0 aliphatic heterocycles. The third kappa shape index (κ3) is 8.02. The van der Waals surface area contributed by atoms with Gasteiger partial charge in [-0.1, -0.05) is 0 Å². The zero-order valence-corrected chi connectivity index (χ0v) is 16.3. The third-order valence-electron chi connectivity index (χ3n) is 3.12. The maximum absolute atomic E-state index is 13.0. The number of carboxylic acid groups (broad SMARTS) is 1. The summed E-state index contributed by atoms with van der Waals surface area (Å²) in [5, 5.41) is 8.29. The molecule has 0 aliphatic carbocycles. The second-order valence-corrected chi connectivity index (χ2v) is 7.16. The van der Waals surface area contributed by atoms with Crippen LogP contribution in [0.15, 0.2) is 18.2 Å². The van der Waals surface area contributed by atoms with Crippen LogP contribution in [0.3, 0.4) is 0 Å². The molecule has 2 N–H and O–H groups in total. The van der Waals surface area contributed by atoms with Crippen molar-refractivity contribution in [2.24, 2.45) is 0 Å². The summed E-state index contributed by atoms with van der Waals surface area (Å²) in [4.78, 5) is 46.2. The van der Waals surface area contributed by atoms with Gasteiger partial charge in [0.2, 0.25) is 5.91 Å². The minimum absolute atomic E-state index is 0.302. The van der Waals surface area contributed by atoms with Crippen molar-refractivity contribution in [3.05, 3.63) is 29.3 Å².